The molecule has 0 heterocycles. The van der Waals surface area contributed by atoms with Gasteiger partial charge in [0.25, 0.3) is 0 Å². The van der Waals surface area contributed by atoms with Crippen LogP contribution in [0.3, 0.4) is 0 Å². The van der Waals surface area contributed by atoms with Gasteiger partial charge in [0.1, 0.15) is 0 Å². The summed E-state index contributed by atoms with van der Waals surface area (Å²) in [6.07, 6.45) is 21.9. The monoisotopic (exact) mass is 309 g/mol. The molecule has 0 aromatic heterocycles. The molecule has 0 aliphatic rings. The zero-order valence-electron chi connectivity index (χ0n) is 15.9. The van der Waals surface area contributed by atoms with Crippen molar-refractivity contribution in [2.45, 2.75) is 116 Å². The summed E-state index contributed by atoms with van der Waals surface area (Å²) >= 11 is 0. The third-order valence-electron chi connectivity index (χ3n) is 4.63. The molecular formula is C21H43N. The zero-order valence-corrected chi connectivity index (χ0v) is 15.9. The van der Waals surface area contributed by atoms with E-state index in [4.69, 9.17) is 0 Å². The van der Waals surface area contributed by atoms with E-state index in [1.165, 1.54) is 89.9 Å². The molecule has 0 amide bonds. The maximum atomic E-state index is 3.77. The first-order valence-corrected chi connectivity index (χ1v) is 9.98. The smallest absolute Gasteiger partial charge is 0.0137 e. The van der Waals surface area contributed by atoms with E-state index in [0.717, 1.165) is 6.54 Å². The van der Waals surface area contributed by atoms with Gasteiger partial charge in [-0.25, -0.2) is 0 Å². The molecule has 0 bridgehead atoms. The van der Waals surface area contributed by atoms with Crippen LogP contribution in [-0.2, 0) is 0 Å². The molecule has 0 saturated heterocycles. The molecule has 0 unspecified atom stereocenters. The SMILES string of the molecule is C=CCNC(C)(C)CCCCCCCCCCCCCCC. The molecule has 22 heavy (non-hydrogen) atoms. The van der Waals surface area contributed by atoms with Crippen molar-refractivity contribution in [1.29, 1.82) is 0 Å². The van der Waals surface area contributed by atoms with Crippen LogP contribution in [0.25, 0.3) is 0 Å². The first kappa shape index (κ1) is 21.7. The van der Waals surface area contributed by atoms with Crippen LogP contribution < -0.4 is 5.32 Å². The lowest BCUT2D eigenvalue weighted by atomic mass is 9.96. The maximum absolute atomic E-state index is 3.77. The standard InChI is InChI=1S/C21H43N/c1-5-7-8-9-10-11-12-13-14-15-16-17-18-19-21(3,4)22-20-6-2/h6,22H,2,5,7-20H2,1,3-4H3. The number of unbranched alkanes of at least 4 members (excludes halogenated alkanes) is 12. The molecule has 1 nitrogen and oxygen atoms in total. The van der Waals surface area contributed by atoms with Crippen LogP contribution in [0.1, 0.15) is 111 Å². The largest absolute Gasteiger partial charge is 0.308 e. The quantitative estimate of drug-likeness (QED) is 0.225. The van der Waals surface area contributed by atoms with Gasteiger partial charge in [-0.3, -0.25) is 0 Å². The van der Waals surface area contributed by atoms with Crippen LogP contribution in [0.5, 0.6) is 0 Å². The number of rotatable bonds is 17. The Labute approximate surface area is 141 Å². The highest BCUT2D eigenvalue weighted by molar-refractivity contribution is 4.81. The molecule has 0 radical (unpaired) electrons. The molecule has 132 valence electrons. The Kier molecular flexibility index (Phi) is 15.4. The second-order valence-corrected chi connectivity index (χ2v) is 7.55. The fraction of sp³-hybridized carbons (Fsp3) is 0.905. The number of hydrogen-bond acceptors (Lipinski definition) is 1. The van der Waals surface area contributed by atoms with E-state index in [0.29, 0.717) is 0 Å². The van der Waals surface area contributed by atoms with Crippen molar-refractivity contribution in [3.8, 4) is 0 Å². The van der Waals surface area contributed by atoms with E-state index in [-0.39, 0.29) is 5.54 Å². The van der Waals surface area contributed by atoms with Crippen LogP contribution in [0, 0.1) is 0 Å². The lowest BCUT2D eigenvalue weighted by Crippen LogP contribution is -2.39. The summed E-state index contributed by atoms with van der Waals surface area (Å²) < 4.78 is 0. The van der Waals surface area contributed by atoms with Crippen molar-refractivity contribution in [1.82, 2.24) is 5.32 Å². The van der Waals surface area contributed by atoms with E-state index in [1.807, 2.05) is 6.08 Å². The third kappa shape index (κ3) is 16.1. The summed E-state index contributed by atoms with van der Waals surface area (Å²) in [6.45, 7) is 11.6. The van der Waals surface area contributed by atoms with Gasteiger partial charge in [0, 0.05) is 12.1 Å². The van der Waals surface area contributed by atoms with Gasteiger partial charge < -0.3 is 5.32 Å². The predicted molar refractivity (Wildman–Crippen MR) is 103 cm³/mol. The van der Waals surface area contributed by atoms with Gasteiger partial charge in [0.15, 0.2) is 0 Å². The Hall–Kier alpha value is -0.300. The van der Waals surface area contributed by atoms with Crippen molar-refractivity contribution in [2.24, 2.45) is 0 Å². The lowest BCUT2D eigenvalue weighted by molar-refractivity contribution is 0.361. The minimum Gasteiger partial charge on any atom is -0.308 e. The van der Waals surface area contributed by atoms with Gasteiger partial charge in [-0.1, -0.05) is 96.5 Å². The minimum absolute atomic E-state index is 0.270. The van der Waals surface area contributed by atoms with Crippen LogP contribution in [-0.4, -0.2) is 12.1 Å². The first-order chi connectivity index (χ1) is 10.6. The molecule has 0 aliphatic heterocycles. The average Bonchev–Trinajstić information content (AvgIpc) is 2.50. The lowest BCUT2D eigenvalue weighted by Gasteiger charge is -2.25. The van der Waals surface area contributed by atoms with Crippen molar-refractivity contribution in [3.63, 3.8) is 0 Å². The van der Waals surface area contributed by atoms with E-state index in [1.54, 1.807) is 0 Å². The van der Waals surface area contributed by atoms with Crippen LogP contribution in [0.2, 0.25) is 0 Å². The predicted octanol–water partition coefficient (Wildman–Crippen LogP) is 7.02. The van der Waals surface area contributed by atoms with Crippen LogP contribution in [0.15, 0.2) is 12.7 Å². The summed E-state index contributed by atoms with van der Waals surface area (Å²) in [6, 6.07) is 0. The highest BCUT2D eigenvalue weighted by atomic mass is 14.9. The second-order valence-electron chi connectivity index (χ2n) is 7.55. The van der Waals surface area contributed by atoms with Gasteiger partial charge in [-0.05, 0) is 20.3 Å². The summed E-state index contributed by atoms with van der Waals surface area (Å²) in [5.74, 6) is 0. The Morgan fingerprint density at radius 3 is 1.55 bits per heavy atom. The molecule has 1 N–H and O–H groups in total. The van der Waals surface area contributed by atoms with E-state index in [9.17, 15) is 0 Å². The van der Waals surface area contributed by atoms with E-state index < -0.39 is 0 Å². The van der Waals surface area contributed by atoms with Crippen LogP contribution in [0.4, 0.5) is 0 Å². The fourth-order valence-corrected chi connectivity index (χ4v) is 3.02. The van der Waals surface area contributed by atoms with E-state index in [2.05, 4.69) is 32.7 Å². The molecule has 0 aromatic rings. The molecule has 0 aliphatic carbocycles. The van der Waals surface area contributed by atoms with Crippen molar-refractivity contribution in [3.05, 3.63) is 12.7 Å². The van der Waals surface area contributed by atoms with Crippen LogP contribution >= 0.6 is 0 Å². The Morgan fingerprint density at radius 2 is 1.14 bits per heavy atom. The van der Waals surface area contributed by atoms with Gasteiger partial charge in [-0.2, -0.15) is 0 Å². The zero-order chi connectivity index (χ0) is 16.5. The van der Waals surface area contributed by atoms with E-state index >= 15 is 0 Å². The third-order valence-corrected chi connectivity index (χ3v) is 4.63. The maximum Gasteiger partial charge on any atom is 0.0137 e. The topological polar surface area (TPSA) is 12.0 Å². The average molecular weight is 310 g/mol. The fourth-order valence-electron chi connectivity index (χ4n) is 3.02. The van der Waals surface area contributed by atoms with Crippen molar-refractivity contribution in [2.75, 3.05) is 6.54 Å². The Balaban J connectivity index is 3.18. The molecule has 0 spiro atoms. The Morgan fingerprint density at radius 1 is 0.727 bits per heavy atom. The van der Waals surface area contributed by atoms with Crippen molar-refractivity contribution >= 4 is 0 Å². The number of nitrogens with one attached hydrogen (secondary N) is 1. The number of hydrogen-bond donors (Lipinski definition) is 1. The molecule has 0 rings (SSSR count). The minimum atomic E-state index is 0.270. The van der Waals surface area contributed by atoms with Gasteiger partial charge in [-0.15, -0.1) is 6.58 Å². The molecule has 0 aromatic carbocycles. The summed E-state index contributed by atoms with van der Waals surface area (Å²) in [5, 5.41) is 3.53. The normalized spacial score (nSPS) is 11.8. The van der Waals surface area contributed by atoms with Gasteiger partial charge >= 0.3 is 0 Å². The van der Waals surface area contributed by atoms with Gasteiger partial charge in [0.05, 0.1) is 0 Å². The van der Waals surface area contributed by atoms with Crippen molar-refractivity contribution < 1.29 is 0 Å². The summed E-state index contributed by atoms with van der Waals surface area (Å²) in [4.78, 5) is 0. The molecular weight excluding hydrogens is 266 g/mol. The molecule has 0 fully saturated rings. The summed E-state index contributed by atoms with van der Waals surface area (Å²) in [5.41, 5.74) is 0.270. The highest BCUT2D eigenvalue weighted by Crippen LogP contribution is 2.16. The molecule has 1 heteroatoms. The Bertz CT molecular complexity index is 232. The molecule has 0 saturated carbocycles. The first-order valence-electron chi connectivity index (χ1n) is 9.98. The second kappa shape index (κ2) is 15.6. The van der Waals surface area contributed by atoms with Gasteiger partial charge in [0.2, 0.25) is 0 Å². The molecule has 0 atom stereocenters. The summed E-state index contributed by atoms with van der Waals surface area (Å²) in [7, 11) is 0. The highest BCUT2D eigenvalue weighted by Gasteiger charge is 2.14.